The standard InChI is InChI=1S/C22H30BrNO3/c1-3-6-27-18-5-4-15(8-19(18)26-2)13-24-20(25)21-9-16-7-17(10-21)12-22(23,11-16)14-21/h4-5,8,16-17H,3,6-7,9-14H2,1-2H3,(H,24,25). The third-order valence-corrected chi connectivity index (χ3v) is 7.54. The first-order valence-electron chi connectivity index (χ1n) is 10.2. The Labute approximate surface area is 170 Å². The Kier molecular flexibility index (Phi) is 5.17. The summed E-state index contributed by atoms with van der Waals surface area (Å²) < 4.78 is 11.4. The molecule has 0 heterocycles. The number of carbonyl (C=O) groups is 1. The number of nitrogens with one attached hydrogen (secondary N) is 1. The van der Waals surface area contributed by atoms with Crippen LogP contribution in [-0.4, -0.2) is 23.9 Å². The van der Waals surface area contributed by atoms with Crippen LogP contribution in [0.5, 0.6) is 11.5 Å². The third kappa shape index (κ3) is 3.72. The zero-order valence-electron chi connectivity index (χ0n) is 16.4. The molecule has 0 aliphatic heterocycles. The number of hydrogen-bond acceptors (Lipinski definition) is 3. The molecule has 2 unspecified atom stereocenters. The van der Waals surface area contributed by atoms with Crippen LogP contribution in [0.1, 0.15) is 57.4 Å². The van der Waals surface area contributed by atoms with Gasteiger partial charge in [0.05, 0.1) is 19.1 Å². The van der Waals surface area contributed by atoms with Crippen molar-refractivity contribution >= 4 is 21.8 Å². The molecule has 1 aromatic carbocycles. The van der Waals surface area contributed by atoms with Gasteiger partial charge in [0, 0.05) is 10.9 Å². The van der Waals surface area contributed by atoms with E-state index in [1.54, 1.807) is 7.11 Å². The first kappa shape index (κ1) is 19.1. The number of hydrogen-bond donors (Lipinski definition) is 1. The number of ether oxygens (including phenoxy) is 2. The maximum absolute atomic E-state index is 13.2. The molecule has 4 fully saturated rings. The molecule has 0 saturated heterocycles. The summed E-state index contributed by atoms with van der Waals surface area (Å²) in [4.78, 5) is 13.2. The van der Waals surface area contributed by atoms with E-state index in [4.69, 9.17) is 9.47 Å². The summed E-state index contributed by atoms with van der Waals surface area (Å²) in [5.41, 5.74) is 0.879. The van der Waals surface area contributed by atoms with Gasteiger partial charge in [-0.25, -0.2) is 0 Å². The molecule has 0 aromatic heterocycles. The van der Waals surface area contributed by atoms with E-state index >= 15 is 0 Å². The molecule has 4 nitrogen and oxygen atoms in total. The lowest BCUT2D eigenvalue weighted by Crippen LogP contribution is -2.58. The molecule has 2 atom stereocenters. The Bertz CT molecular complexity index is 706. The Morgan fingerprint density at radius 3 is 2.59 bits per heavy atom. The van der Waals surface area contributed by atoms with Gasteiger partial charge in [0.15, 0.2) is 11.5 Å². The van der Waals surface area contributed by atoms with Crippen LogP contribution < -0.4 is 14.8 Å². The largest absolute Gasteiger partial charge is 0.493 e. The molecule has 5 rings (SSSR count). The van der Waals surface area contributed by atoms with Gasteiger partial charge in [-0.3, -0.25) is 4.79 Å². The number of rotatable bonds is 7. The minimum absolute atomic E-state index is 0.165. The molecule has 27 heavy (non-hydrogen) atoms. The molecule has 0 radical (unpaired) electrons. The summed E-state index contributed by atoms with van der Waals surface area (Å²) in [6.07, 6.45) is 7.89. The molecular weight excluding hydrogens is 406 g/mol. The van der Waals surface area contributed by atoms with Crippen molar-refractivity contribution in [2.45, 2.75) is 62.7 Å². The molecule has 4 aliphatic rings. The average Bonchev–Trinajstić information content (AvgIpc) is 2.62. The minimum Gasteiger partial charge on any atom is -0.493 e. The topological polar surface area (TPSA) is 47.6 Å². The summed E-state index contributed by atoms with van der Waals surface area (Å²) in [7, 11) is 1.65. The Morgan fingerprint density at radius 2 is 1.96 bits per heavy atom. The minimum atomic E-state index is -0.165. The fourth-order valence-electron chi connectivity index (χ4n) is 5.94. The van der Waals surface area contributed by atoms with Crippen molar-refractivity contribution in [3.05, 3.63) is 23.8 Å². The molecule has 1 N–H and O–H groups in total. The molecule has 0 spiro atoms. The predicted octanol–water partition coefficient (Wildman–Crippen LogP) is 4.83. The van der Waals surface area contributed by atoms with Gasteiger partial charge in [-0.1, -0.05) is 28.9 Å². The summed E-state index contributed by atoms with van der Waals surface area (Å²) in [5, 5.41) is 3.23. The van der Waals surface area contributed by atoms with Crippen molar-refractivity contribution in [2.75, 3.05) is 13.7 Å². The van der Waals surface area contributed by atoms with Crippen molar-refractivity contribution in [1.29, 1.82) is 0 Å². The van der Waals surface area contributed by atoms with E-state index in [1.807, 2.05) is 18.2 Å². The molecule has 4 bridgehead atoms. The van der Waals surface area contributed by atoms with Crippen LogP contribution in [0.3, 0.4) is 0 Å². The molecule has 148 valence electrons. The van der Waals surface area contributed by atoms with Gasteiger partial charge in [0.1, 0.15) is 0 Å². The summed E-state index contributed by atoms with van der Waals surface area (Å²) in [6.45, 7) is 3.29. The molecule has 4 aliphatic carbocycles. The van der Waals surface area contributed by atoms with Gasteiger partial charge in [0.25, 0.3) is 0 Å². The highest BCUT2D eigenvalue weighted by Gasteiger charge is 2.59. The average molecular weight is 436 g/mol. The summed E-state index contributed by atoms with van der Waals surface area (Å²) in [5.74, 6) is 3.16. The molecule has 1 aromatic rings. The van der Waals surface area contributed by atoms with E-state index in [-0.39, 0.29) is 15.6 Å². The van der Waals surface area contributed by atoms with Crippen LogP contribution in [0.25, 0.3) is 0 Å². The van der Waals surface area contributed by atoms with Crippen LogP contribution in [0.4, 0.5) is 0 Å². The van der Waals surface area contributed by atoms with E-state index in [1.165, 1.54) is 19.3 Å². The van der Waals surface area contributed by atoms with Crippen LogP contribution in [0.15, 0.2) is 18.2 Å². The monoisotopic (exact) mass is 435 g/mol. The fraction of sp³-hybridized carbons (Fsp3) is 0.682. The lowest BCUT2D eigenvalue weighted by atomic mass is 9.49. The van der Waals surface area contributed by atoms with Crippen molar-refractivity contribution in [1.82, 2.24) is 5.32 Å². The van der Waals surface area contributed by atoms with E-state index in [0.29, 0.717) is 25.0 Å². The highest BCUT2D eigenvalue weighted by molar-refractivity contribution is 9.10. The molecular formula is C22H30BrNO3. The van der Waals surface area contributed by atoms with Gasteiger partial charge in [0.2, 0.25) is 5.91 Å². The fourth-order valence-corrected chi connectivity index (χ4v) is 7.39. The van der Waals surface area contributed by atoms with Gasteiger partial charge >= 0.3 is 0 Å². The van der Waals surface area contributed by atoms with Crippen LogP contribution in [0, 0.1) is 17.3 Å². The van der Waals surface area contributed by atoms with E-state index in [2.05, 4.69) is 28.2 Å². The first-order chi connectivity index (χ1) is 13.0. The lowest BCUT2D eigenvalue weighted by molar-refractivity contribution is -0.144. The van der Waals surface area contributed by atoms with Gasteiger partial charge in [-0.2, -0.15) is 0 Å². The summed E-state index contributed by atoms with van der Waals surface area (Å²) in [6, 6.07) is 5.92. The second kappa shape index (κ2) is 7.31. The quantitative estimate of drug-likeness (QED) is 0.623. The zero-order valence-corrected chi connectivity index (χ0v) is 17.9. The molecule has 5 heteroatoms. The van der Waals surface area contributed by atoms with E-state index in [0.717, 1.165) is 42.7 Å². The molecule has 4 saturated carbocycles. The maximum atomic E-state index is 13.2. The van der Waals surface area contributed by atoms with Gasteiger partial charge in [-0.15, -0.1) is 0 Å². The van der Waals surface area contributed by atoms with Crippen molar-refractivity contribution in [2.24, 2.45) is 17.3 Å². The van der Waals surface area contributed by atoms with Crippen molar-refractivity contribution < 1.29 is 14.3 Å². The second-order valence-electron chi connectivity index (χ2n) is 8.91. The third-order valence-electron chi connectivity index (χ3n) is 6.61. The van der Waals surface area contributed by atoms with Crippen LogP contribution in [0.2, 0.25) is 0 Å². The number of methoxy groups -OCH3 is 1. The number of carbonyl (C=O) groups excluding carboxylic acids is 1. The number of amides is 1. The Morgan fingerprint density at radius 1 is 1.22 bits per heavy atom. The normalized spacial score (nSPS) is 33.7. The first-order valence-corrected chi connectivity index (χ1v) is 11.0. The van der Waals surface area contributed by atoms with Crippen molar-refractivity contribution in [3.8, 4) is 11.5 Å². The summed E-state index contributed by atoms with van der Waals surface area (Å²) >= 11 is 3.99. The number of halogens is 1. The Hall–Kier alpha value is -1.23. The maximum Gasteiger partial charge on any atom is 0.226 e. The lowest BCUT2D eigenvalue weighted by Gasteiger charge is -2.59. The van der Waals surface area contributed by atoms with Gasteiger partial charge < -0.3 is 14.8 Å². The zero-order chi connectivity index (χ0) is 19.1. The van der Waals surface area contributed by atoms with Gasteiger partial charge in [-0.05, 0) is 74.5 Å². The number of alkyl halides is 1. The SMILES string of the molecule is CCCOc1ccc(CNC(=O)C23CC4CC(CC(Br)(C4)C2)C3)cc1OC. The molecule has 1 amide bonds. The second-order valence-corrected chi connectivity index (χ2v) is 10.6. The Balaban J connectivity index is 1.42. The van der Waals surface area contributed by atoms with E-state index in [9.17, 15) is 4.79 Å². The number of benzene rings is 1. The highest BCUT2D eigenvalue weighted by atomic mass is 79.9. The van der Waals surface area contributed by atoms with E-state index < -0.39 is 0 Å². The van der Waals surface area contributed by atoms with Crippen molar-refractivity contribution in [3.63, 3.8) is 0 Å². The van der Waals surface area contributed by atoms with Crippen LogP contribution >= 0.6 is 15.9 Å². The highest BCUT2D eigenvalue weighted by Crippen LogP contribution is 2.64. The smallest absolute Gasteiger partial charge is 0.226 e. The predicted molar refractivity (Wildman–Crippen MR) is 109 cm³/mol. The van der Waals surface area contributed by atoms with Crippen LogP contribution in [-0.2, 0) is 11.3 Å².